The predicted molar refractivity (Wildman–Crippen MR) is 149 cm³/mol. The molecule has 2 aromatic rings. The maximum atomic E-state index is 14.0. The number of methoxy groups -OCH3 is 3. The molecule has 1 amide bonds. The first kappa shape index (κ1) is 29.0. The average molecular weight is 581 g/mol. The van der Waals surface area contributed by atoms with E-state index in [0.717, 1.165) is 0 Å². The molecule has 0 spiro atoms. The molecule has 0 bridgehead atoms. The van der Waals surface area contributed by atoms with Crippen LogP contribution in [0.3, 0.4) is 0 Å². The molecule has 12 heteroatoms. The second kappa shape index (κ2) is 10.1. The first-order valence-electron chi connectivity index (χ1n) is 13.1. The lowest BCUT2D eigenvalue weighted by molar-refractivity contribution is -0.153. The number of carbonyl (C=O) groups is 3. The predicted octanol–water partition coefficient (Wildman–Crippen LogP) is 1.66. The van der Waals surface area contributed by atoms with Gasteiger partial charge < -0.3 is 40.4 Å². The van der Waals surface area contributed by atoms with E-state index in [1.807, 2.05) is 0 Å². The molecule has 6 N–H and O–H groups in total. The zero-order chi connectivity index (χ0) is 30.8. The summed E-state index contributed by atoms with van der Waals surface area (Å²) < 4.78 is 16.4. The number of nitrogens with zero attached hydrogens (tertiary/aromatic N) is 1. The first-order chi connectivity index (χ1) is 19.8. The van der Waals surface area contributed by atoms with Crippen LogP contribution in [0.4, 0.5) is 0 Å². The topological polar surface area (TPSA) is 189 Å². The van der Waals surface area contributed by atoms with E-state index in [4.69, 9.17) is 19.9 Å². The summed E-state index contributed by atoms with van der Waals surface area (Å²) in [5.74, 6) is -5.93. The van der Waals surface area contributed by atoms with Gasteiger partial charge in [-0.2, -0.15) is 0 Å². The molecule has 0 aliphatic heterocycles. The van der Waals surface area contributed by atoms with Crippen molar-refractivity contribution in [2.24, 2.45) is 17.6 Å². The number of aliphatic hydroxyl groups is 3. The van der Waals surface area contributed by atoms with Crippen molar-refractivity contribution in [3.05, 3.63) is 52.3 Å². The average Bonchev–Trinajstić information content (AvgIpc) is 2.93. The van der Waals surface area contributed by atoms with Crippen molar-refractivity contribution in [2.75, 3.05) is 35.4 Å². The van der Waals surface area contributed by atoms with E-state index in [9.17, 15) is 34.8 Å². The van der Waals surface area contributed by atoms with Crippen LogP contribution >= 0.6 is 0 Å². The van der Waals surface area contributed by atoms with Crippen LogP contribution < -0.4 is 19.9 Å². The van der Waals surface area contributed by atoms with E-state index >= 15 is 0 Å². The zero-order valence-corrected chi connectivity index (χ0v) is 23.7. The molecule has 1 saturated carbocycles. The molecule has 3 aliphatic carbocycles. The van der Waals surface area contributed by atoms with Crippen molar-refractivity contribution < 1.29 is 49.0 Å². The Labute approximate surface area is 241 Å². The quantitative estimate of drug-likeness (QED) is 0.313. The smallest absolute Gasteiger partial charge is 0.255 e. The van der Waals surface area contributed by atoms with Gasteiger partial charge in [0.1, 0.15) is 22.8 Å². The molecular weight excluding hydrogens is 548 g/mol. The molecule has 0 aromatic heterocycles. The fourth-order valence-electron chi connectivity index (χ4n) is 6.75. The summed E-state index contributed by atoms with van der Waals surface area (Å²) in [5.41, 5.74) is 3.30. The second-order valence-corrected chi connectivity index (χ2v) is 10.9. The number of ketones is 2. The number of rotatable bonds is 6. The van der Waals surface area contributed by atoms with Crippen molar-refractivity contribution in [1.29, 1.82) is 0 Å². The lowest BCUT2D eigenvalue weighted by atomic mass is 9.57. The molecular formula is C30H32N2O10. The minimum atomic E-state index is -2.70. The molecule has 12 nitrogen and oxygen atoms in total. The summed E-state index contributed by atoms with van der Waals surface area (Å²) in [7, 11) is 7.53. The SMILES string of the molecule is COc1cc(-c2ccc(O)c3c2C[C@H]2C[C@H]4[C@@H](N(C)C)C(=O)C(C(N)=O)=C(O)[C@]4(O)C(=O)C2=C3O)cc(OC)c1OC. The minimum absolute atomic E-state index is 0.0162. The first-order valence-corrected chi connectivity index (χ1v) is 13.1. The van der Waals surface area contributed by atoms with Gasteiger partial charge in [0.15, 0.2) is 22.9 Å². The number of amides is 1. The Balaban J connectivity index is 1.74. The Morgan fingerprint density at radius 2 is 1.64 bits per heavy atom. The number of phenols is 1. The van der Waals surface area contributed by atoms with Crippen molar-refractivity contribution in [2.45, 2.75) is 24.5 Å². The van der Waals surface area contributed by atoms with Crippen LogP contribution in [0.1, 0.15) is 17.5 Å². The van der Waals surface area contributed by atoms with Gasteiger partial charge in [0.05, 0.1) is 32.9 Å². The van der Waals surface area contributed by atoms with Crippen molar-refractivity contribution >= 4 is 23.2 Å². The van der Waals surface area contributed by atoms with Crippen molar-refractivity contribution in [3.63, 3.8) is 0 Å². The number of fused-ring (bicyclic) bond motifs is 3. The normalized spacial score (nSPS) is 25.2. The van der Waals surface area contributed by atoms with Crippen LogP contribution in [0, 0.1) is 11.8 Å². The molecule has 2 aromatic carbocycles. The fraction of sp³-hybridized carbons (Fsp3) is 0.367. The highest BCUT2D eigenvalue weighted by Gasteiger charge is 2.64. The molecule has 3 aliphatic rings. The summed E-state index contributed by atoms with van der Waals surface area (Å²) in [4.78, 5) is 40.9. The fourth-order valence-corrected chi connectivity index (χ4v) is 6.75. The highest BCUT2D eigenvalue weighted by atomic mass is 16.5. The molecule has 0 heterocycles. The number of aliphatic hydroxyl groups excluding tert-OH is 2. The Kier molecular flexibility index (Phi) is 6.94. The number of primary amides is 1. The highest BCUT2D eigenvalue weighted by Crippen LogP contribution is 2.54. The summed E-state index contributed by atoms with van der Waals surface area (Å²) in [6.45, 7) is 0. The number of carbonyl (C=O) groups excluding carboxylic acids is 3. The minimum Gasteiger partial charge on any atom is -0.508 e. The number of Topliss-reactive ketones (excluding diaryl/α,β-unsaturated/α-hetero) is 2. The van der Waals surface area contributed by atoms with Gasteiger partial charge in [0.2, 0.25) is 11.5 Å². The van der Waals surface area contributed by atoms with Crippen molar-refractivity contribution in [1.82, 2.24) is 4.90 Å². The van der Waals surface area contributed by atoms with Gasteiger partial charge >= 0.3 is 0 Å². The lowest BCUT2D eigenvalue weighted by Gasteiger charge is -2.50. The van der Waals surface area contributed by atoms with Gasteiger partial charge in [0.25, 0.3) is 5.91 Å². The number of likely N-dealkylation sites (N-methyl/N-ethyl adjacent to an activating group) is 1. The molecule has 0 unspecified atom stereocenters. The second-order valence-electron chi connectivity index (χ2n) is 10.9. The van der Waals surface area contributed by atoms with Crippen molar-refractivity contribution in [3.8, 4) is 34.1 Å². The summed E-state index contributed by atoms with van der Waals surface area (Å²) in [5, 5.41) is 45.1. The highest BCUT2D eigenvalue weighted by molar-refractivity contribution is 6.24. The Morgan fingerprint density at radius 1 is 1.02 bits per heavy atom. The number of phenolic OH excluding ortho intramolecular Hbond substituents is 1. The van der Waals surface area contributed by atoms with Crippen LogP contribution in [0.15, 0.2) is 41.2 Å². The van der Waals surface area contributed by atoms with E-state index in [-0.39, 0.29) is 29.7 Å². The lowest BCUT2D eigenvalue weighted by Crippen LogP contribution is -2.65. The zero-order valence-electron chi connectivity index (χ0n) is 23.7. The van der Waals surface area contributed by atoms with Gasteiger partial charge in [-0.3, -0.25) is 19.3 Å². The van der Waals surface area contributed by atoms with E-state index in [1.54, 1.807) is 32.3 Å². The van der Waals surface area contributed by atoms with Gasteiger partial charge in [-0.05, 0) is 67.7 Å². The van der Waals surface area contributed by atoms with E-state index < -0.39 is 58.0 Å². The maximum absolute atomic E-state index is 14.0. The third-order valence-electron chi connectivity index (χ3n) is 8.58. The van der Waals surface area contributed by atoms with Gasteiger partial charge in [-0.15, -0.1) is 0 Å². The molecule has 42 heavy (non-hydrogen) atoms. The molecule has 0 radical (unpaired) electrons. The van der Waals surface area contributed by atoms with E-state index in [1.165, 1.54) is 32.3 Å². The number of hydrogen-bond acceptors (Lipinski definition) is 11. The summed E-state index contributed by atoms with van der Waals surface area (Å²) in [6, 6.07) is 5.29. The third kappa shape index (κ3) is 3.86. The molecule has 1 fully saturated rings. The van der Waals surface area contributed by atoms with Crippen LogP contribution in [0.25, 0.3) is 16.9 Å². The molecule has 4 atom stereocenters. The Morgan fingerprint density at radius 3 is 2.17 bits per heavy atom. The molecule has 222 valence electrons. The van der Waals surface area contributed by atoms with E-state index in [0.29, 0.717) is 33.9 Å². The molecule has 0 saturated heterocycles. The van der Waals surface area contributed by atoms with Crippen LogP contribution in [0.5, 0.6) is 23.0 Å². The van der Waals surface area contributed by atoms with Gasteiger partial charge in [0, 0.05) is 11.5 Å². The standard InChI is InChI=1S/C30H32N2O10/c1-32(2)23-16-9-13-8-15-14(12-10-18(40-3)26(42-5)19(11-12)41-4)6-7-17(33)21(15)24(34)20(13)27(36)30(16,39)28(37)22(25(23)35)29(31)38/h6-7,10-11,13,16,23,33-34,37,39H,8-9H2,1-5H3,(H2,31,38)/t13-,16-,23+,30+/m0/s1. The molecule has 5 rings (SSSR count). The van der Waals surface area contributed by atoms with E-state index in [2.05, 4.69) is 0 Å². The number of nitrogens with two attached hydrogens (primary N) is 1. The Bertz CT molecular complexity index is 1580. The number of benzene rings is 2. The van der Waals surface area contributed by atoms with Gasteiger partial charge in [-0.25, -0.2) is 0 Å². The van der Waals surface area contributed by atoms with Crippen LogP contribution in [-0.2, 0) is 20.8 Å². The van der Waals surface area contributed by atoms with Crippen LogP contribution in [-0.4, -0.2) is 89.9 Å². The number of ether oxygens (including phenoxy) is 3. The monoisotopic (exact) mass is 580 g/mol. The summed E-state index contributed by atoms with van der Waals surface area (Å²) >= 11 is 0. The number of aromatic hydroxyl groups is 1. The Hall–Kier alpha value is -4.55. The van der Waals surface area contributed by atoms with Crippen LogP contribution in [0.2, 0.25) is 0 Å². The van der Waals surface area contributed by atoms with Gasteiger partial charge in [-0.1, -0.05) is 6.07 Å². The largest absolute Gasteiger partial charge is 0.508 e. The summed E-state index contributed by atoms with van der Waals surface area (Å²) in [6.07, 6.45) is 0.116. The third-order valence-corrected chi connectivity index (χ3v) is 8.58. The maximum Gasteiger partial charge on any atom is 0.255 e. The number of hydrogen-bond donors (Lipinski definition) is 5.